The van der Waals surface area contributed by atoms with Crippen molar-refractivity contribution < 1.29 is 4.79 Å². The first-order valence-electron chi connectivity index (χ1n) is 8.26. The van der Waals surface area contributed by atoms with Gasteiger partial charge < -0.3 is 15.2 Å². The molecule has 124 valence electrons. The smallest absolute Gasteiger partial charge is 0.315 e. The highest BCUT2D eigenvalue weighted by molar-refractivity contribution is 5.73. The van der Waals surface area contributed by atoms with Crippen molar-refractivity contribution in [1.82, 2.24) is 15.2 Å². The fourth-order valence-electron chi connectivity index (χ4n) is 2.44. The number of benzene rings is 1. The second-order valence-electron chi connectivity index (χ2n) is 6.35. The molecule has 0 aliphatic heterocycles. The molecular formula is C19H27N3O. The molecule has 2 rings (SSSR count). The van der Waals surface area contributed by atoms with Crippen molar-refractivity contribution in [2.45, 2.75) is 40.3 Å². The van der Waals surface area contributed by atoms with E-state index in [1.54, 1.807) is 0 Å². The van der Waals surface area contributed by atoms with Gasteiger partial charge in [-0.3, -0.25) is 0 Å². The Balaban J connectivity index is 1.86. The lowest BCUT2D eigenvalue weighted by Crippen LogP contribution is -2.36. The van der Waals surface area contributed by atoms with E-state index >= 15 is 0 Å². The van der Waals surface area contributed by atoms with Crippen molar-refractivity contribution >= 4 is 6.03 Å². The molecule has 1 heterocycles. The van der Waals surface area contributed by atoms with Gasteiger partial charge in [-0.2, -0.15) is 0 Å². The Bertz CT molecular complexity index is 631. The number of carbonyl (C=O) groups excluding carboxylic acids is 1. The lowest BCUT2D eigenvalue weighted by Gasteiger charge is -2.13. The summed E-state index contributed by atoms with van der Waals surface area (Å²) in [5.41, 5.74) is 3.69. The van der Waals surface area contributed by atoms with Crippen LogP contribution in [0, 0.1) is 12.8 Å². The third kappa shape index (κ3) is 5.47. The summed E-state index contributed by atoms with van der Waals surface area (Å²) < 4.78 is 2.18. The summed E-state index contributed by atoms with van der Waals surface area (Å²) in [4.78, 5) is 11.8. The maximum absolute atomic E-state index is 11.8. The predicted octanol–water partition coefficient (Wildman–Crippen LogP) is 3.69. The van der Waals surface area contributed by atoms with Crippen LogP contribution in [0.2, 0.25) is 0 Å². The van der Waals surface area contributed by atoms with E-state index in [-0.39, 0.29) is 6.03 Å². The molecule has 4 nitrogen and oxygen atoms in total. The van der Waals surface area contributed by atoms with Crippen molar-refractivity contribution in [3.05, 3.63) is 59.4 Å². The highest BCUT2D eigenvalue weighted by atomic mass is 16.2. The van der Waals surface area contributed by atoms with Gasteiger partial charge in [-0.15, -0.1) is 0 Å². The van der Waals surface area contributed by atoms with Gasteiger partial charge in [-0.25, -0.2) is 4.79 Å². The second kappa shape index (κ2) is 8.42. The highest BCUT2D eigenvalue weighted by Crippen LogP contribution is 2.11. The van der Waals surface area contributed by atoms with Crippen molar-refractivity contribution in [1.29, 1.82) is 0 Å². The van der Waals surface area contributed by atoms with Crippen molar-refractivity contribution in [3.63, 3.8) is 0 Å². The van der Waals surface area contributed by atoms with E-state index in [1.165, 1.54) is 11.1 Å². The summed E-state index contributed by atoms with van der Waals surface area (Å²) in [6.45, 7) is 8.50. The standard InChI is InChI=1S/C19H27N3O/c1-15(2)10-11-20-19(23)21-13-18-9-6-12-22(18)14-17-8-5-4-7-16(17)3/h4-9,12,15H,10-11,13-14H2,1-3H3,(H2,20,21,23). The molecule has 0 fully saturated rings. The zero-order valence-corrected chi connectivity index (χ0v) is 14.3. The molecular weight excluding hydrogens is 286 g/mol. The van der Waals surface area contributed by atoms with Gasteiger partial charge in [0.2, 0.25) is 0 Å². The highest BCUT2D eigenvalue weighted by Gasteiger charge is 2.06. The molecule has 4 heteroatoms. The topological polar surface area (TPSA) is 46.1 Å². The molecule has 2 aromatic rings. The van der Waals surface area contributed by atoms with Crippen LogP contribution in [-0.2, 0) is 13.1 Å². The third-order valence-electron chi connectivity index (χ3n) is 3.96. The van der Waals surface area contributed by atoms with Crippen molar-refractivity contribution in [2.24, 2.45) is 5.92 Å². The Morgan fingerprint density at radius 2 is 1.91 bits per heavy atom. The minimum absolute atomic E-state index is 0.103. The summed E-state index contributed by atoms with van der Waals surface area (Å²) in [6.07, 6.45) is 3.05. The Labute approximate surface area is 138 Å². The van der Waals surface area contributed by atoms with E-state index < -0.39 is 0 Å². The van der Waals surface area contributed by atoms with Gasteiger partial charge in [0.15, 0.2) is 0 Å². The van der Waals surface area contributed by atoms with Crippen LogP contribution in [-0.4, -0.2) is 17.1 Å². The number of hydrogen-bond acceptors (Lipinski definition) is 1. The minimum atomic E-state index is -0.103. The van der Waals surface area contributed by atoms with Gasteiger partial charge >= 0.3 is 6.03 Å². The second-order valence-corrected chi connectivity index (χ2v) is 6.35. The molecule has 0 aliphatic carbocycles. The Morgan fingerprint density at radius 3 is 2.65 bits per heavy atom. The van der Waals surface area contributed by atoms with Crippen LogP contribution < -0.4 is 10.6 Å². The van der Waals surface area contributed by atoms with Crippen LogP contribution in [0.15, 0.2) is 42.6 Å². The number of aryl methyl sites for hydroxylation is 1. The zero-order chi connectivity index (χ0) is 16.7. The summed E-state index contributed by atoms with van der Waals surface area (Å²) >= 11 is 0. The van der Waals surface area contributed by atoms with Gasteiger partial charge in [0.1, 0.15) is 0 Å². The van der Waals surface area contributed by atoms with E-state index in [4.69, 9.17) is 0 Å². The van der Waals surface area contributed by atoms with E-state index in [2.05, 4.69) is 66.4 Å². The monoisotopic (exact) mass is 313 g/mol. The predicted molar refractivity (Wildman–Crippen MR) is 94.4 cm³/mol. The number of aromatic nitrogens is 1. The first-order valence-corrected chi connectivity index (χ1v) is 8.26. The minimum Gasteiger partial charge on any atom is -0.345 e. The lowest BCUT2D eigenvalue weighted by atomic mass is 10.1. The molecule has 0 aliphatic rings. The largest absolute Gasteiger partial charge is 0.345 e. The lowest BCUT2D eigenvalue weighted by molar-refractivity contribution is 0.239. The van der Waals surface area contributed by atoms with Gasteiger partial charge in [-0.05, 0) is 42.5 Å². The molecule has 0 spiro atoms. The molecule has 0 saturated carbocycles. The van der Waals surface area contributed by atoms with Gasteiger partial charge in [-0.1, -0.05) is 38.1 Å². The molecule has 2 N–H and O–H groups in total. The molecule has 2 amide bonds. The van der Waals surface area contributed by atoms with E-state index in [0.717, 1.165) is 18.7 Å². The van der Waals surface area contributed by atoms with Gasteiger partial charge in [0, 0.05) is 25.0 Å². The number of urea groups is 1. The maximum atomic E-state index is 11.8. The Hall–Kier alpha value is -2.23. The first kappa shape index (κ1) is 17.1. The Morgan fingerprint density at radius 1 is 1.13 bits per heavy atom. The fraction of sp³-hybridized carbons (Fsp3) is 0.421. The zero-order valence-electron chi connectivity index (χ0n) is 14.3. The first-order chi connectivity index (χ1) is 11.1. The molecule has 0 bridgehead atoms. The van der Waals surface area contributed by atoms with E-state index in [9.17, 15) is 4.79 Å². The van der Waals surface area contributed by atoms with Crippen LogP contribution in [0.1, 0.15) is 37.1 Å². The van der Waals surface area contributed by atoms with Crippen LogP contribution in [0.3, 0.4) is 0 Å². The molecule has 0 unspecified atom stereocenters. The molecule has 1 aromatic heterocycles. The van der Waals surface area contributed by atoms with Gasteiger partial charge in [0.05, 0.1) is 6.54 Å². The average Bonchev–Trinajstić information content (AvgIpc) is 2.94. The van der Waals surface area contributed by atoms with Crippen LogP contribution in [0.25, 0.3) is 0 Å². The summed E-state index contributed by atoms with van der Waals surface area (Å²) in [7, 11) is 0. The van der Waals surface area contributed by atoms with Crippen molar-refractivity contribution in [2.75, 3.05) is 6.54 Å². The number of hydrogen-bond donors (Lipinski definition) is 2. The maximum Gasteiger partial charge on any atom is 0.315 e. The Kier molecular flexibility index (Phi) is 6.27. The van der Waals surface area contributed by atoms with Crippen LogP contribution in [0.5, 0.6) is 0 Å². The summed E-state index contributed by atoms with van der Waals surface area (Å²) in [5, 5.41) is 5.82. The fourth-order valence-corrected chi connectivity index (χ4v) is 2.44. The van der Waals surface area contributed by atoms with Crippen LogP contribution >= 0.6 is 0 Å². The molecule has 23 heavy (non-hydrogen) atoms. The third-order valence-corrected chi connectivity index (χ3v) is 3.96. The SMILES string of the molecule is Cc1ccccc1Cn1cccc1CNC(=O)NCCC(C)C. The summed E-state index contributed by atoms with van der Waals surface area (Å²) in [5.74, 6) is 0.599. The number of amides is 2. The number of rotatable bonds is 7. The molecule has 0 radical (unpaired) electrons. The molecule has 0 saturated heterocycles. The average molecular weight is 313 g/mol. The molecule has 1 aromatic carbocycles. The number of carbonyl (C=O) groups is 1. The van der Waals surface area contributed by atoms with Crippen molar-refractivity contribution in [3.8, 4) is 0 Å². The summed E-state index contributed by atoms with van der Waals surface area (Å²) in [6, 6.07) is 12.3. The quantitative estimate of drug-likeness (QED) is 0.804. The molecule has 0 atom stereocenters. The number of nitrogens with one attached hydrogen (secondary N) is 2. The normalized spacial score (nSPS) is 10.8. The van der Waals surface area contributed by atoms with Gasteiger partial charge in [0.25, 0.3) is 0 Å². The van der Waals surface area contributed by atoms with E-state index in [1.807, 2.05) is 12.1 Å². The van der Waals surface area contributed by atoms with E-state index in [0.29, 0.717) is 19.0 Å². The number of nitrogens with zero attached hydrogens (tertiary/aromatic N) is 1. The van der Waals surface area contributed by atoms with Crippen LogP contribution in [0.4, 0.5) is 4.79 Å².